The van der Waals surface area contributed by atoms with Crippen LogP contribution in [-0.2, 0) is 0 Å². The molecule has 0 radical (unpaired) electrons. The Morgan fingerprint density at radius 1 is 0.625 bits per heavy atom. The van der Waals surface area contributed by atoms with Gasteiger partial charge in [-0.25, -0.2) is 26.3 Å². The Bertz CT molecular complexity index is 547. The van der Waals surface area contributed by atoms with E-state index in [0.717, 1.165) is 0 Å². The molecule has 32 heavy (non-hydrogen) atoms. The zero-order valence-corrected chi connectivity index (χ0v) is 17.1. The molecular formula is C18H26F12O2. The first-order chi connectivity index (χ1) is 14.3. The lowest BCUT2D eigenvalue weighted by atomic mass is 9.75. The number of alkyl halides is 12. The third-order valence-corrected chi connectivity index (χ3v) is 6.30. The summed E-state index contributed by atoms with van der Waals surface area (Å²) in [5.74, 6) is -15.9. The molecule has 0 heterocycles. The molecule has 2 N–H and O–H groups in total. The van der Waals surface area contributed by atoms with Crippen LogP contribution in [0.4, 0.5) is 52.7 Å². The third-order valence-electron chi connectivity index (χ3n) is 6.30. The largest absolute Gasteiger partial charge is 0.448 e. The molecule has 2 fully saturated rings. The lowest BCUT2D eigenvalue weighted by Gasteiger charge is -2.36. The molecule has 194 valence electrons. The molecule has 0 aromatic rings. The van der Waals surface area contributed by atoms with Crippen LogP contribution in [0.25, 0.3) is 0 Å². The maximum atomic E-state index is 14.1. The molecule has 0 saturated heterocycles. The van der Waals surface area contributed by atoms with Crippen LogP contribution in [0.3, 0.4) is 0 Å². The standard InChI is InChI=1S/C16H22F8O2.2CH2F2/c1-7-3-4-10(13(17,25)15(19,20)21)12(7)9-5-8(2)11(6-9)14(18,26)16(22,23)24;2*2-1-3/h7-12,25-26H,3-6H2,1-2H3;2*1H2. The Balaban J connectivity index is 0.00000144. The predicted octanol–water partition coefficient (Wildman–Crippen LogP) is 6.52. The molecule has 2 rings (SSSR count). The van der Waals surface area contributed by atoms with E-state index in [4.69, 9.17) is 0 Å². The monoisotopic (exact) mass is 502 g/mol. The van der Waals surface area contributed by atoms with Crippen LogP contribution in [0.5, 0.6) is 0 Å². The van der Waals surface area contributed by atoms with Gasteiger partial charge in [0.05, 0.1) is 0 Å². The molecular weight excluding hydrogens is 476 g/mol. The highest BCUT2D eigenvalue weighted by Crippen LogP contribution is 2.58. The van der Waals surface area contributed by atoms with E-state index in [1.165, 1.54) is 6.92 Å². The number of rotatable bonds is 3. The number of aliphatic hydroxyl groups is 2. The van der Waals surface area contributed by atoms with Crippen molar-refractivity contribution < 1.29 is 62.9 Å². The summed E-state index contributed by atoms with van der Waals surface area (Å²) in [5.41, 5.74) is 0. The Hall–Kier alpha value is -0.920. The van der Waals surface area contributed by atoms with Gasteiger partial charge in [0.15, 0.2) is 0 Å². The molecule has 0 aromatic carbocycles. The highest BCUT2D eigenvalue weighted by molar-refractivity contribution is 5.01. The zero-order chi connectivity index (χ0) is 25.7. The maximum Gasteiger partial charge on any atom is 0.448 e. The fraction of sp³-hybridized carbons (Fsp3) is 1.00. The van der Waals surface area contributed by atoms with Crippen molar-refractivity contribution in [1.82, 2.24) is 0 Å². The second kappa shape index (κ2) is 11.5. The van der Waals surface area contributed by atoms with Gasteiger partial charge in [-0.15, -0.1) is 0 Å². The third kappa shape index (κ3) is 6.80. The molecule has 2 nitrogen and oxygen atoms in total. The van der Waals surface area contributed by atoms with E-state index in [1.807, 2.05) is 0 Å². The molecule has 0 bridgehead atoms. The van der Waals surface area contributed by atoms with E-state index < -0.39 is 79.8 Å². The van der Waals surface area contributed by atoms with Crippen molar-refractivity contribution in [2.24, 2.45) is 35.5 Å². The van der Waals surface area contributed by atoms with Gasteiger partial charge in [-0.3, -0.25) is 0 Å². The first kappa shape index (κ1) is 31.1. The van der Waals surface area contributed by atoms with E-state index in [0.29, 0.717) is 0 Å². The maximum absolute atomic E-state index is 14.1. The second-order valence-corrected chi connectivity index (χ2v) is 8.10. The summed E-state index contributed by atoms with van der Waals surface area (Å²) in [5, 5.41) is 18.7. The van der Waals surface area contributed by atoms with Gasteiger partial charge >= 0.3 is 24.1 Å². The summed E-state index contributed by atoms with van der Waals surface area (Å²) in [4.78, 5) is 0. The van der Waals surface area contributed by atoms with Crippen molar-refractivity contribution in [3.05, 3.63) is 0 Å². The van der Waals surface area contributed by atoms with Gasteiger partial charge in [-0.05, 0) is 49.4 Å². The van der Waals surface area contributed by atoms with E-state index >= 15 is 0 Å². The van der Waals surface area contributed by atoms with Crippen LogP contribution < -0.4 is 0 Å². The van der Waals surface area contributed by atoms with Gasteiger partial charge in [0, 0.05) is 11.8 Å². The summed E-state index contributed by atoms with van der Waals surface area (Å²) in [6.45, 7) is -0.679. The van der Waals surface area contributed by atoms with Crippen molar-refractivity contribution in [3.8, 4) is 0 Å². The van der Waals surface area contributed by atoms with E-state index in [9.17, 15) is 62.9 Å². The summed E-state index contributed by atoms with van der Waals surface area (Å²) < 4.78 is 144. The van der Waals surface area contributed by atoms with Gasteiger partial charge < -0.3 is 10.2 Å². The summed E-state index contributed by atoms with van der Waals surface area (Å²) in [7, 11) is 0. The molecule has 0 amide bonds. The Kier molecular flexibility index (Phi) is 11.1. The van der Waals surface area contributed by atoms with Crippen molar-refractivity contribution in [3.63, 3.8) is 0 Å². The van der Waals surface area contributed by atoms with Crippen LogP contribution in [0.2, 0.25) is 0 Å². The number of hydrogen-bond donors (Lipinski definition) is 2. The Labute approximate surface area is 177 Å². The normalized spacial score (nSPS) is 34.5. The van der Waals surface area contributed by atoms with Crippen molar-refractivity contribution in [1.29, 1.82) is 0 Å². The lowest BCUT2D eigenvalue weighted by molar-refractivity contribution is -0.343. The van der Waals surface area contributed by atoms with E-state index in [1.54, 1.807) is 6.92 Å². The zero-order valence-electron chi connectivity index (χ0n) is 17.1. The van der Waals surface area contributed by atoms with Gasteiger partial charge in [-0.1, -0.05) is 13.8 Å². The summed E-state index contributed by atoms with van der Waals surface area (Å²) in [6, 6.07) is 0. The fourth-order valence-corrected chi connectivity index (χ4v) is 5.03. The second-order valence-electron chi connectivity index (χ2n) is 8.10. The molecule has 8 atom stereocenters. The van der Waals surface area contributed by atoms with E-state index in [-0.39, 0.29) is 19.3 Å². The average molecular weight is 502 g/mol. The first-order valence-electron chi connectivity index (χ1n) is 9.54. The predicted molar refractivity (Wildman–Crippen MR) is 89.1 cm³/mol. The highest BCUT2D eigenvalue weighted by atomic mass is 19.4. The van der Waals surface area contributed by atoms with Crippen LogP contribution in [0.1, 0.15) is 39.5 Å². The van der Waals surface area contributed by atoms with E-state index in [2.05, 4.69) is 0 Å². The topological polar surface area (TPSA) is 40.5 Å². The first-order valence-corrected chi connectivity index (χ1v) is 9.54. The SMILES string of the molecule is CC1CCC(C(O)(F)C(F)(F)F)C1C1CC(C)C(C(O)(F)C(F)(F)F)C1.FCF.FCF. The quantitative estimate of drug-likeness (QED) is 0.432. The molecule has 0 aromatic heterocycles. The van der Waals surface area contributed by atoms with Crippen LogP contribution >= 0.6 is 0 Å². The molecule has 2 aliphatic rings. The molecule has 0 aliphatic heterocycles. The minimum absolute atomic E-state index is 0.0770. The average Bonchev–Trinajstić information content (AvgIpc) is 3.17. The minimum Gasteiger partial charge on any atom is -0.355 e. The number of hydrogen-bond acceptors (Lipinski definition) is 2. The highest BCUT2D eigenvalue weighted by Gasteiger charge is 2.67. The van der Waals surface area contributed by atoms with Crippen LogP contribution in [0, 0.1) is 35.5 Å². The minimum atomic E-state index is -5.53. The van der Waals surface area contributed by atoms with Gasteiger partial charge in [0.2, 0.25) is 13.9 Å². The smallest absolute Gasteiger partial charge is 0.355 e. The van der Waals surface area contributed by atoms with Crippen molar-refractivity contribution >= 4 is 0 Å². The molecule has 2 aliphatic carbocycles. The van der Waals surface area contributed by atoms with Gasteiger partial charge in [-0.2, -0.15) is 26.3 Å². The summed E-state index contributed by atoms with van der Waals surface area (Å²) >= 11 is 0. The Morgan fingerprint density at radius 2 is 1.00 bits per heavy atom. The summed E-state index contributed by atoms with van der Waals surface area (Å²) in [6.07, 6.45) is -11.8. The molecule has 14 heteroatoms. The van der Waals surface area contributed by atoms with Crippen LogP contribution in [0.15, 0.2) is 0 Å². The number of halogens is 12. The molecule has 8 unspecified atom stereocenters. The lowest BCUT2D eigenvalue weighted by Crippen LogP contribution is -2.50. The Morgan fingerprint density at radius 3 is 1.38 bits per heavy atom. The molecule has 2 saturated carbocycles. The van der Waals surface area contributed by atoms with Crippen molar-refractivity contribution in [2.75, 3.05) is 13.9 Å². The van der Waals surface area contributed by atoms with Gasteiger partial charge in [0.25, 0.3) is 0 Å². The fourth-order valence-electron chi connectivity index (χ4n) is 5.03. The molecule has 0 spiro atoms. The van der Waals surface area contributed by atoms with Gasteiger partial charge in [0.1, 0.15) is 0 Å². The van der Waals surface area contributed by atoms with Crippen LogP contribution in [-0.4, -0.2) is 48.1 Å². The van der Waals surface area contributed by atoms with Crippen molar-refractivity contribution in [2.45, 2.75) is 63.6 Å².